The molecule has 11 heteroatoms. The maximum Gasteiger partial charge on any atom is 1.00 e. The van der Waals surface area contributed by atoms with Gasteiger partial charge in [-0.05, 0) is 61.6 Å². The van der Waals surface area contributed by atoms with Gasteiger partial charge in [-0.2, -0.15) is 5.10 Å². The number of hydrogen-bond acceptors (Lipinski definition) is 7. The number of aliphatic hydroxyl groups is 1. The molecule has 0 bridgehead atoms. The smallest absolute Gasteiger partial charge is 1.00 e. The SMILES string of the molecule is CCCc1c(Cc2ccc(-c3ccccc3-c3noc(=O)[nH]3)cc2)c(=O)n(C2CCC(OCC3(O)CC3)CC2)c2ccnn12.[H-].[K+]. The Labute approximate surface area is 304 Å². The molecule has 3 aromatic heterocycles. The van der Waals surface area contributed by atoms with Crippen LogP contribution < -0.4 is 62.7 Å². The van der Waals surface area contributed by atoms with E-state index in [0.717, 1.165) is 90.5 Å². The van der Waals surface area contributed by atoms with Crippen LogP contribution in [0.15, 0.2) is 74.9 Å². The molecule has 2 N–H and O–H groups in total. The first kappa shape index (κ1) is 32.3. The zero-order valence-electron chi connectivity index (χ0n) is 26.9. The molecule has 0 aliphatic heterocycles. The molecule has 7 rings (SSSR count). The summed E-state index contributed by atoms with van der Waals surface area (Å²) < 4.78 is 14.7. The second-order valence-electron chi connectivity index (χ2n) is 12.3. The van der Waals surface area contributed by atoms with E-state index < -0.39 is 11.4 Å². The van der Waals surface area contributed by atoms with E-state index in [1.807, 2.05) is 51.5 Å². The van der Waals surface area contributed by atoms with Crippen molar-refractivity contribution >= 4 is 5.65 Å². The van der Waals surface area contributed by atoms with Gasteiger partial charge in [0.15, 0.2) is 5.82 Å². The number of aryl methyl sites for hydroxylation is 1. The molecular weight excluding hydrogens is 598 g/mol. The minimum absolute atomic E-state index is 0. The van der Waals surface area contributed by atoms with Gasteiger partial charge in [-0.1, -0.05) is 67.0 Å². The number of aromatic amines is 1. The van der Waals surface area contributed by atoms with Gasteiger partial charge in [0, 0.05) is 29.7 Å². The molecule has 2 saturated carbocycles. The largest absolute Gasteiger partial charge is 1.00 e. The van der Waals surface area contributed by atoms with Gasteiger partial charge in [0.25, 0.3) is 5.56 Å². The number of hydrogen-bond donors (Lipinski definition) is 2. The molecule has 3 heterocycles. The monoisotopic (exact) mass is 635 g/mol. The van der Waals surface area contributed by atoms with Crippen molar-refractivity contribution < 1.29 is 67.2 Å². The summed E-state index contributed by atoms with van der Waals surface area (Å²) in [5.41, 5.74) is 5.73. The third kappa shape index (κ3) is 6.76. The second kappa shape index (κ2) is 13.6. The summed E-state index contributed by atoms with van der Waals surface area (Å²) in [6.07, 6.45) is 9.15. The van der Waals surface area contributed by atoms with E-state index in [2.05, 4.69) is 34.3 Å². The fourth-order valence-electron chi connectivity index (χ4n) is 6.54. The number of H-pyrrole nitrogens is 1. The first-order valence-corrected chi connectivity index (χ1v) is 15.6. The molecule has 230 valence electrons. The molecular formula is C34H38KN5O5. The summed E-state index contributed by atoms with van der Waals surface area (Å²) in [5.74, 6) is -0.213. The van der Waals surface area contributed by atoms with Gasteiger partial charge in [-0.3, -0.25) is 18.9 Å². The minimum atomic E-state index is -0.611. The Bertz CT molecular complexity index is 1900. The molecule has 0 atom stereocenters. The molecule has 10 nitrogen and oxygen atoms in total. The molecule has 0 radical (unpaired) electrons. The van der Waals surface area contributed by atoms with E-state index in [4.69, 9.17) is 9.26 Å². The molecule has 0 spiro atoms. The predicted molar refractivity (Wildman–Crippen MR) is 167 cm³/mol. The summed E-state index contributed by atoms with van der Waals surface area (Å²) in [7, 11) is 0. The number of nitrogens with one attached hydrogen (secondary N) is 1. The van der Waals surface area contributed by atoms with Crippen molar-refractivity contribution in [2.24, 2.45) is 0 Å². The topological polar surface area (TPSA) is 128 Å². The van der Waals surface area contributed by atoms with Gasteiger partial charge in [-0.15, -0.1) is 0 Å². The van der Waals surface area contributed by atoms with Crippen LogP contribution in [0.4, 0.5) is 0 Å². The number of nitrogens with zero attached hydrogens (tertiary/aromatic N) is 4. The molecule has 2 aromatic carbocycles. The third-order valence-electron chi connectivity index (χ3n) is 9.13. The predicted octanol–water partition coefficient (Wildman–Crippen LogP) is 2.19. The van der Waals surface area contributed by atoms with Crippen molar-refractivity contribution in [3.8, 4) is 22.5 Å². The quantitative estimate of drug-likeness (QED) is 0.225. The van der Waals surface area contributed by atoms with Crippen LogP contribution in [0.1, 0.15) is 76.2 Å². The average molecular weight is 636 g/mol. The van der Waals surface area contributed by atoms with E-state index >= 15 is 0 Å². The molecule has 0 saturated heterocycles. The number of benzene rings is 2. The van der Waals surface area contributed by atoms with E-state index in [-0.39, 0.29) is 70.5 Å². The van der Waals surface area contributed by atoms with Gasteiger partial charge in [0.05, 0.1) is 30.2 Å². The van der Waals surface area contributed by atoms with Crippen LogP contribution in [0.5, 0.6) is 0 Å². The molecule has 0 amide bonds. The van der Waals surface area contributed by atoms with Crippen molar-refractivity contribution in [1.29, 1.82) is 0 Å². The number of rotatable bonds is 10. The van der Waals surface area contributed by atoms with Crippen LogP contribution >= 0.6 is 0 Å². The van der Waals surface area contributed by atoms with Gasteiger partial charge in [0.2, 0.25) is 0 Å². The van der Waals surface area contributed by atoms with Crippen molar-refractivity contribution in [2.75, 3.05) is 6.61 Å². The van der Waals surface area contributed by atoms with E-state index in [1.165, 1.54) is 0 Å². The Hall–Kier alpha value is -2.64. The maximum atomic E-state index is 14.3. The maximum absolute atomic E-state index is 14.3. The van der Waals surface area contributed by atoms with E-state index in [9.17, 15) is 14.7 Å². The molecule has 5 aromatic rings. The number of aromatic nitrogens is 5. The number of ether oxygens (including phenoxy) is 1. The molecule has 2 fully saturated rings. The minimum Gasteiger partial charge on any atom is -1.00 e. The fraction of sp³-hybridized carbons (Fsp3) is 0.412. The van der Waals surface area contributed by atoms with Crippen molar-refractivity contribution in [2.45, 2.75) is 82.5 Å². The van der Waals surface area contributed by atoms with Gasteiger partial charge >= 0.3 is 57.1 Å². The van der Waals surface area contributed by atoms with Crippen LogP contribution in [0.25, 0.3) is 28.2 Å². The van der Waals surface area contributed by atoms with E-state index in [1.54, 1.807) is 6.20 Å². The van der Waals surface area contributed by atoms with Gasteiger partial charge < -0.3 is 11.3 Å². The summed E-state index contributed by atoms with van der Waals surface area (Å²) in [4.78, 5) is 28.5. The zero-order valence-corrected chi connectivity index (χ0v) is 29.0. The first-order valence-electron chi connectivity index (χ1n) is 15.6. The summed E-state index contributed by atoms with van der Waals surface area (Å²) in [5, 5.41) is 18.7. The summed E-state index contributed by atoms with van der Waals surface area (Å²) >= 11 is 0. The first-order chi connectivity index (χ1) is 21.4. The molecule has 0 unspecified atom stereocenters. The standard InChI is InChI=1S/C34H37N5O5.K.H/c1-2-5-29-28(20-22-8-10-23(11-9-22)26-6-3-4-7-27(26)31-36-33(41)44-37-31)32(40)38(30-16-19-35-39(29)30)24-12-14-25(15-13-24)43-21-34(42)17-18-34;;/h3-4,6-11,16,19,24-25,42H,2,5,12-15,17-18,20-21H2,1H3,(H,36,37,41);;/q;+1;-1. The Morgan fingerprint density at radius 3 is 2.44 bits per heavy atom. The Kier molecular flexibility index (Phi) is 9.77. The van der Waals surface area contributed by atoms with E-state index in [0.29, 0.717) is 18.9 Å². The van der Waals surface area contributed by atoms with Crippen molar-refractivity contribution in [1.82, 2.24) is 24.3 Å². The van der Waals surface area contributed by atoms with Crippen LogP contribution in [0.2, 0.25) is 0 Å². The Morgan fingerprint density at radius 1 is 1.04 bits per heavy atom. The van der Waals surface area contributed by atoms with Crippen molar-refractivity contribution in [3.05, 3.63) is 98.5 Å². The summed E-state index contributed by atoms with van der Waals surface area (Å²) in [6, 6.07) is 17.9. The van der Waals surface area contributed by atoms with Crippen molar-refractivity contribution in [3.63, 3.8) is 0 Å². The third-order valence-corrected chi connectivity index (χ3v) is 9.13. The molecule has 45 heavy (non-hydrogen) atoms. The number of fused-ring (bicyclic) bond motifs is 1. The van der Waals surface area contributed by atoms with Gasteiger partial charge in [-0.25, -0.2) is 9.31 Å². The molecule has 2 aliphatic carbocycles. The normalized spacial score (nSPS) is 19.0. The second-order valence-corrected chi connectivity index (χ2v) is 12.3. The van der Waals surface area contributed by atoms with Crippen LogP contribution in [0, 0.1) is 0 Å². The summed E-state index contributed by atoms with van der Waals surface area (Å²) in [6.45, 7) is 2.54. The van der Waals surface area contributed by atoms with Crippen LogP contribution in [0.3, 0.4) is 0 Å². The average Bonchev–Trinajstić information content (AvgIpc) is 3.37. The van der Waals surface area contributed by atoms with Crippen LogP contribution in [-0.2, 0) is 17.6 Å². The Morgan fingerprint density at radius 2 is 1.78 bits per heavy atom. The fourth-order valence-corrected chi connectivity index (χ4v) is 6.54. The van der Waals surface area contributed by atoms with Crippen LogP contribution in [-0.4, -0.2) is 47.7 Å². The Balaban J connectivity index is 0.00000208. The zero-order chi connectivity index (χ0) is 30.3. The molecule has 2 aliphatic rings. The van der Waals surface area contributed by atoms with Gasteiger partial charge in [0.1, 0.15) is 5.65 Å².